The van der Waals surface area contributed by atoms with E-state index in [0.717, 1.165) is 5.56 Å². The number of carbonyl (C=O) groups excluding carboxylic acids is 1. The highest BCUT2D eigenvalue weighted by atomic mass is 32.2. The maximum atomic E-state index is 12.2. The SMILES string of the molecule is CCS(=O)(=O)c1ccc(C(=O)NCc2ccc3c(c2)OCCO3)cc1. The zero-order chi connectivity index (χ0) is 17.9. The van der Waals surface area contributed by atoms with Gasteiger partial charge in [-0.2, -0.15) is 0 Å². The number of hydrogen-bond donors (Lipinski definition) is 1. The molecule has 132 valence electrons. The molecule has 0 radical (unpaired) electrons. The Morgan fingerprint density at radius 2 is 1.72 bits per heavy atom. The number of nitrogens with one attached hydrogen (secondary N) is 1. The average Bonchev–Trinajstić information content (AvgIpc) is 2.66. The summed E-state index contributed by atoms with van der Waals surface area (Å²) < 4.78 is 34.6. The standard InChI is InChI=1S/C18H19NO5S/c1-2-25(21,22)15-6-4-14(5-7-15)18(20)19-12-13-3-8-16-17(11-13)24-10-9-23-16/h3-8,11H,2,9-10,12H2,1H3,(H,19,20). The molecule has 1 heterocycles. The minimum atomic E-state index is -3.26. The lowest BCUT2D eigenvalue weighted by Gasteiger charge is -2.19. The minimum Gasteiger partial charge on any atom is -0.486 e. The van der Waals surface area contributed by atoms with Crippen LogP contribution in [-0.2, 0) is 16.4 Å². The Morgan fingerprint density at radius 3 is 2.40 bits per heavy atom. The van der Waals surface area contributed by atoms with Gasteiger partial charge >= 0.3 is 0 Å². The van der Waals surface area contributed by atoms with Crippen molar-refractivity contribution in [1.82, 2.24) is 5.32 Å². The highest BCUT2D eigenvalue weighted by molar-refractivity contribution is 7.91. The van der Waals surface area contributed by atoms with Gasteiger partial charge in [-0.25, -0.2) is 8.42 Å². The number of amides is 1. The molecule has 3 rings (SSSR count). The van der Waals surface area contributed by atoms with Gasteiger partial charge in [0.15, 0.2) is 21.3 Å². The number of ether oxygens (including phenoxy) is 2. The number of fused-ring (bicyclic) bond motifs is 1. The average molecular weight is 361 g/mol. The Morgan fingerprint density at radius 1 is 1.04 bits per heavy atom. The van der Waals surface area contributed by atoms with Crippen LogP contribution in [0.15, 0.2) is 47.4 Å². The highest BCUT2D eigenvalue weighted by Crippen LogP contribution is 2.30. The van der Waals surface area contributed by atoms with Crippen LogP contribution in [0.4, 0.5) is 0 Å². The van der Waals surface area contributed by atoms with Gasteiger partial charge < -0.3 is 14.8 Å². The third-order valence-corrected chi connectivity index (χ3v) is 5.67. The number of sulfone groups is 1. The molecule has 2 aromatic carbocycles. The van der Waals surface area contributed by atoms with Crippen molar-refractivity contribution in [3.8, 4) is 11.5 Å². The molecule has 0 saturated carbocycles. The number of hydrogen-bond acceptors (Lipinski definition) is 5. The first-order valence-corrected chi connectivity index (χ1v) is 9.64. The van der Waals surface area contributed by atoms with E-state index in [1.54, 1.807) is 6.92 Å². The van der Waals surface area contributed by atoms with Crippen molar-refractivity contribution in [3.63, 3.8) is 0 Å². The Labute approximate surface area is 146 Å². The third-order valence-electron chi connectivity index (χ3n) is 3.92. The molecule has 6 nitrogen and oxygen atoms in total. The van der Waals surface area contributed by atoms with Crippen LogP contribution >= 0.6 is 0 Å². The van der Waals surface area contributed by atoms with Gasteiger partial charge in [0.1, 0.15) is 13.2 Å². The fraction of sp³-hybridized carbons (Fsp3) is 0.278. The molecule has 0 spiro atoms. The van der Waals surface area contributed by atoms with E-state index in [0.29, 0.717) is 36.8 Å². The highest BCUT2D eigenvalue weighted by Gasteiger charge is 2.14. The lowest BCUT2D eigenvalue weighted by Crippen LogP contribution is -2.23. The van der Waals surface area contributed by atoms with Crippen LogP contribution in [-0.4, -0.2) is 33.3 Å². The van der Waals surface area contributed by atoms with E-state index in [-0.39, 0.29) is 16.6 Å². The smallest absolute Gasteiger partial charge is 0.251 e. The summed E-state index contributed by atoms with van der Waals surface area (Å²) in [5.41, 5.74) is 1.30. The number of carbonyl (C=O) groups is 1. The molecule has 0 fully saturated rings. The van der Waals surface area contributed by atoms with E-state index in [9.17, 15) is 13.2 Å². The summed E-state index contributed by atoms with van der Waals surface area (Å²) in [6.07, 6.45) is 0. The molecule has 0 bridgehead atoms. The van der Waals surface area contributed by atoms with Crippen LogP contribution in [0, 0.1) is 0 Å². The van der Waals surface area contributed by atoms with Crippen molar-refractivity contribution in [3.05, 3.63) is 53.6 Å². The predicted octanol–water partition coefficient (Wildman–Crippen LogP) is 2.18. The molecule has 1 aliphatic rings. The molecule has 1 aliphatic heterocycles. The van der Waals surface area contributed by atoms with Crippen molar-refractivity contribution < 1.29 is 22.7 Å². The summed E-state index contributed by atoms with van der Waals surface area (Å²) >= 11 is 0. The zero-order valence-corrected chi connectivity index (χ0v) is 14.6. The molecule has 0 saturated heterocycles. The van der Waals surface area contributed by atoms with Gasteiger partial charge in [-0.15, -0.1) is 0 Å². The molecule has 0 aliphatic carbocycles. The van der Waals surface area contributed by atoms with Gasteiger partial charge in [0, 0.05) is 12.1 Å². The van der Waals surface area contributed by atoms with E-state index in [1.165, 1.54) is 24.3 Å². The lowest BCUT2D eigenvalue weighted by atomic mass is 10.1. The topological polar surface area (TPSA) is 81.7 Å². The summed E-state index contributed by atoms with van der Waals surface area (Å²) in [6, 6.07) is 11.5. The zero-order valence-electron chi connectivity index (χ0n) is 13.8. The molecule has 1 N–H and O–H groups in total. The molecule has 7 heteroatoms. The van der Waals surface area contributed by atoms with Gasteiger partial charge in [-0.1, -0.05) is 13.0 Å². The molecular formula is C18H19NO5S. The molecule has 1 amide bonds. The Hall–Kier alpha value is -2.54. The normalized spacial score (nSPS) is 13.3. The molecule has 25 heavy (non-hydrogen) atoms. The molecule has 0 atom stereocenters. The fourth-order valence-corrected chi connectivity index (χ4v) is 3.35. The van der Waals surface area contributed by atoms with Crippen molar-refractivity contribution in [2.24, 2.45) is 0 Å². The van der Waals surface area contributed by atoms with Crippen molar-refractivity contribution in [2.75, 3.05) is 19.0 Å². The quantitative estimate of drug-likeness (QED) is 0.883. The summed E-state index contributed by atoms with van der Waals surface area (Å²) in [6.45, 7) is 2.97. The molecule has 0 aromatic heterocycles. The van der Waals surface area contributed by atoms with Crippen molar-refractivity contribution in [1.29, 1.82) is 0 Å². The van der Waals surface area contributed by atoms with Crippen LogP contribution in [0.1, 0.15) is 22.8 Å². The number of rotatable bonds is 5. The van der Waals surface area contributed by atoms with Crippen LogP contribution in [0.2, 0.25) is 0 Å². The summed E-state index contributed by atoms with van der Waals surface area (Å²) in [4.78, 5) is 12.4. The van der Waals surface area contributed by atoms with Crippen molar-refractivity contribution in [2.45, 2.75) is 18.4 Å². The Kier molecular flexibility index (Phi) is 4.94. The maximum Gasteiger partial charge on any atom is 0.251 e. The Bertz CT molecular complexity index is 875. The van der Waals surface area contributed by atoms with Crippen LogP contribution in [0.25, 0.3) is 0 Å². The largest absolute Gasteiger partial charge is 0.486 e. The first kappa shape index (κ1) is 17.3. The van der Waals surface area contributed by atoms with E-state index in [1.807, 2.05) is 18.2 Å². The second-order valence-corrected chi connectivity index (χ2v) is 7.87. The summed E-state index contributed by atoms with van der Waals surface area (Å²) in [5, 5.41) is 2.81. The summed E-state index contributed by atoms with van der Waals surface area (Å²) in [7, 11) is -3.26. The van der Waals surface area contributed by atoms with Gasteiger partial charge in [-0.3, -0.25) is 4.79 Å². The molecule has 0 unspecified atom stereocenters. The van der Waals surface area contributed by atoms with E-state index in [4.69, 9.17) is 9.47 Å². The van der Waals surface area contributed by atoms with E-state index in [2.05, 4.69) is 5.32 Å². The van der Waals surface area contributed by atoms with E-state index >= 15 is 0 Å². The van der Waals surface area contributed by atoms with Crippen LogP contribution < -0.4 is 14.8 Å². The predicted molar refractivity (Wildman–Crippen MR) is 92.8 cm³/mol. The second-order valence-electron chi connectivity index (χ2n) is 5.59. The lowest BCUT2D eigenvalue weighted by molar-refractivity contribution is 0.0950. The van der Waals surface area contributed by atoms with Gasteiger partial charge in [0.2, 0.25) is 0 Å². The van der Waals surface area contributed by atoms with Gasteiger partial charge in [0.05, 0.1) is 10.6 Å². The van der Waals surface area contributed by atoms with Crippen LogP contribution in [0.5, 0.6) is 11.5 Å². The monoisotopic (exact) mass is 361 g/mol. The summed E-state index contributed by atoms with van der Waals surface area (Å²) in [5.74, 6) is 1.14. The van der Waals surface area contributed by atoms with Gasteiger partial charge in [0.25, 0.3) is 5.91 Å². The first-order valence-electron chi connectivity index (χ1n) is 7.99. The van der Waals surface area contributed by atoms with Crippen LogP contribution in [0.3, 0.4) is 0 Å². The van der Waals surface area contributed by atoms with E-state index < -0.39 is 9.84 Å². The number of benzene rings is 2. The minimum absolute atomic E-state index is 0.0304. The molecular weight excluding hydrogens is 342 g/mol. The first-order chi connectivity index (χ1) is 12.0. The molecule has 2 aromatic rings. The fourth-order valence-electron chi connectivity index (χ4n) is 2.46. The third kappa shape index (κ3) is 3.93. The van der Waals surface area contributed by atoms with Gasteiger partial charge in [-0.05, 0) is 42.0 Å². The second kappa shape index (κ2) is 7.14. The maximum absolute atomic E-state index is 12.2. The van der Waals surface area contributed by atoms with Crippen molar-refractivity contribution >= 4 is 15.7 Å². The Balaban J connectivity index is 1.65.